The highest BCUT2D eigenvalue weighted by Crippen LogP contribution is 2.11. The second-order valence-corrected chi connectivity index (χ2v) is 3.82. The lowest BCUT2D eigenvalue weighted by Gasteiger charge is -2.08. The lowest BCUT2D eigenvalue weighted by atomic mass is 10.2. The Labute approximate surface area is 102 Å². The molecule has 1 aromatic rings. The Morgan fingerprint density at radius 2 is 2.12 bits per heavy atom. The molecular formula is C12H21N3O2. The SMILES string of the molecule is CCOc1cc(C)nc(NCCCCCO)n1. The molecule has 0 saturated carbocycles. The van der Waals surface area contributed by atoms with Gasteiger partial charge in [-0.25, -0.2) is 4.98 Å². The molecule has 0 saturated heterocycles. The van der Waals surface area contributed by atoms with E-state index in [0.29, 0.717) is 18.4 Å². The molecule has 1 aromatic heterocycles. The molecule has 5 nitrogen and oxygen atoms in total. The van der Waals surface area contributed by atoms with E-state index in [1.165, 1.54) is 0 Å². The molecule has 0 amide bonds. The standard InChI is InChI=1S/C12H21N3O2/c1-3-17-11-9-10(2)14-12(15-11)13-7-5-4-6-8-16/h9,16H,3-8H2,1-2H3,(H,13,14,15). The number of hydrogen-bond acceptors (Lipinski definition) is 5. The third kappa shape index (κ3) is 5.49. The van der Waals surface area contributed by atoms with Gasteiger partial charge in [-0.3, -0.25) is 0 Å². The van der Waals surface area contributed by atoms with E-state index in [1.807, 2.05) is 19.9 Å². The molecule has 0 bridgehead atoms. The van der Waals surface area contributed by atoms with Gasteiger partial charge in [0, 0.05) is 24.9 Å². The Morgan fingerprint density at radius 3 is 2.82 bits per heavy atom. The van der Waals surface area contributed by atoms with E-state index in [0.717, 1.165) is 31.5 Å². The molecule has 0 aliphatic rings. The maximum Gasteiger partial charge on any atom is 0.226 e. The van der Waals surface area contributed by atoms with Crippen molar-refractivity contribution in [1.82, 2.24) is 9.97 Å². The first kappa shape index (κ1) is 13.7. The summed E-state index contributed by atoms with van der Waals surface area (Å²) in [4.78, 5) is 8.53. The van der Waals surface area contributed by atoms with Gasteiger partial charge in [0.05, 0.1) is 6.61 Å². The van der Waals surface area contributed by atoms with Crippen molar-refractivity contribution in [3.05, 3.63) is 11.8 Å². The maximum atomic E-state index is 8.65. The molecule has 96 valence electrons. The highest BCUT2D eigenvalue weighted by Gasteiger charge is 2.01. The first-order chi connectivity index (χ1) is 8.26. The van der Waals surface area contributed by atoms with E-state index in [2.05, 4.69) is 15.3 Å². The number of ether oxygens (including phenoxy) is 1. The quantitative estimate of drug-likeness (QED) is 0.677. The molecule has 0 radical (unpaired) electrons. The molecule has 1 rings (SSSR count). The first-order valence-corrected chi connectivity index (χ1v) is 6.09. The van der Waals surface area contributed by atoms with Crippen LogP contribution in [0.5, 0.6) is 5.88 Å². The van der Waals surface area contributed by atoms with E-state index < -0.39 is 0 Å². The Morgan fingerprint density at radius 1 is 1.29 bits per heavy atom. The second kappa shape index (κ2) is 7.84. The van der Waals surface area contributed by atoms with Crippen LogP contribution in [0, 0.1) is 6.92 Å². The predicted molar refractivity (Wildman–Crippen MR) is 67.4 cm³/mol. The smallest absolute Gasteiger partial charge is 0.226 e. The fraction of sp³-hybridized carbons (Fsp3) is 0.667. The number of rotatable bonds is 8. The molecule has 0 aromatic carbocycles. The minimum Gasteiger partial charge on any atom is -0.478 e. The number of aryl methyl sites for hydroxylation is 1. The van der Waals surface area contributed by atoms with Gasteiger partial charge in [-0.2, -0.15) is 4.98 Å². The molecule has 0 atom stereocenters. The summed E-state index contributed by atoms with van der Waals surface area (Å²) < 4.78 is 5.35. The number of aliphatic hydroxyl groups is 1. The molecule has 17 heavy (non-hydrogen) atoms. The van der Waals surface area contributed by atoms with Crippen LogP contribution in [0.15, 0.2) is 6.07 Å². The van der Waals surface area contributed by atoms with Crippen LogP contribution in [0.25, 0.3) is 0 Å². The van der Waals surface area contributed by atoms with Crippen molar-refractivity contribution >= 4 is 5.95 Å². The number of aliphatic hydroxyl groups excluding tert-OH is 1. The first-order valence-electron chi connectivity index (χ1n) is 6.09. The zero-order valence-electron chi connectivity index (χ0n) is 10.6. The van der Waals surface area contributed by atoms with Crippen LogP contribution in [0.4, 0.5) is 5.95 Å². The van der Waals surface area contributed by atoms with Crippen molar-refractivity contribution in [2.24, 2.45) is 0 Å². The highest BCUT2D eigenvalue weighted by atomic mass is 16.5. The molecule has 5 heteroatoms. The van der Waals surface area contributed by atoms with Crippen molar-refractivity contribution in [3.8, 4) is 5.88 Å². The van der Waals surface area contributed by atoms with Crippen LogP contribution >= 0.6 is 0 Å². The number of nitrogens with zero attached hydrogens (tertiary/aromatic N) is 2. The minimum absolute atomic E-state index is 0.259. The van der Waals surface area contributed by atoms with Crippen LogP contribution in [0.3, 0.4) is 0 Å². The van der Waals surface area contributed by atoms with Crippen LogP contribution in [0.1, 0.15) is 31.9 Å². The maximum absolute atomic E-state index is 8.65. The Hall–Kier alpha value is -1.36. The molecule has 0 unspecified atom stereocenters. The minimum atomic E-state index is 0.259. The van der Waals surface area contributed by atoms with Crippen molar-refractivity contribution in [2.45, 2.75) is 33.1 Å². The molecule has 1 heterocycles. The average Bonchev–Trinajstić information content (AvgIpc) is 2.28. The van der Waals surface area contributed by atoms with Gasteiger partial charge in [0.1, 0.15) is 0 Å². The van der Waals surface area contributed by atoms with Crippen LogP contribution in [0.2, 0.25) is 0 Å². The molecule has 0 spiro atoms. The largest absolute Gasteiger partial charge is 0.478 e. The van der Waals surface area contributed by atoms with Crippen LogP contribution in [-0.2, 0) is 0 Å². The topological polar surface area (TPSA) is 67.3 Å². The van der Waals surface area contributed by atoms with Gasteiger partial charge in [0.2, 0.25) is 11.8 Å². The summed E-state index contributed by atoms with van der Waals surface area (Å²) in [5.74, 6) is 1.22. The third-order valence-corrected chi connectivity index (χ3v) is 2.24. The zero-order chi connectivity index (χ0) is 12.5. The summed E-state index contributed by atoms with van der Waals surface area (Å²) in [7, 11) is 0. The summed E-state index contributed by atoms with van der Waals surface area (Å²) in [6.07, 6.45) is 2.86. The summed E-state index contributed by atoms with van der Waals surface area (Å²) in [6.45, 7) is 5.53. The van der Waals surface area contributed by atoms with Crippen LogP contribution in [-0.4, -0.2) is 34.8 Å². The summed E-state index contributed by atoms with van der Waals surface area (Å²) in [5, 5.41) is 11.8. The van der Waals surface area contributed by atoms with E-state index >= 15 is 0 Å². The summed E-state index contributed by atoms with van der Waals surface area (Å²) in [5.41, 5.74) is 0.890. The van der Waals surface area contributed by atoms with Gasteiger partial charge in [-0.15, -0.1) is 0 Å². The van der Waals surface area contributed by atoms with Crippen molar-refractivity contribution < 1.29 is 9.84 Å². The van der Waals surface area contributed by atoms with E-state index in [9.17, 15) is 0 Å². The summed E-state index contributed by atoms with van der Waals surface area (Å²) >= 11 is 0. The van der Waals surface area contributed by atoms with Gasteiger partial charge >= 0.3 is 0 Å². The van der Waals surface area contributed by atoms with Crippen molar-refractivity contribution in [2.75, 3.05) is 25.1 Å². The number of aromatic nitrogens is 2. The lowest BCUT2D eigenvalue weighted by molar-refractivity contribution is 0.283. The number of anilines is 1. The third-order valence-electron chi connectivity index (χ3n) is 2.24. The second-order valence-electron chi connectivity index (χ2n) is 3.82. The molecule has 0 aliphatic carbocycles. The lowest BCUT2D eigenvalue weighted by Crippen LogP contribution is -2.07. The predicted octanol–water partition coefficient (Wildman–Crippen LogP) is 1.76. The van der Waals surface area contributed by atoms with Gasteiger partial charge < -0.3 is 15.2 Å². The molecule has 0 fully saturated rings. The monoisotopic (exact) mass is 239 g/mol. The van der Waals surface area contributed by atoms with E-state index in [1.54, 1.807) is 0 Å². The average molecular weight is 239 g/mol. The number of unbranched alkanes of at least 4 members (excludes halogenated alkanes) is 2. The van der Waals surface area contributed by atoms with Gasteiger partial charge in [0.25, 0.3) is 0 Å². The van der Waals surface area contributed by atoms with Gasteiger partial charge in [0.15, 0.2) is 0 Å². The molecule has 0 aliphatic heterocycles. The van der Waals surface area contributed by atoms with E-state index in [-0.39, 0.29) is 6.61 Å². The van der Waals surface area contributed by atoms with Crippen molar-refractivity contribution in [3.63, 3.8) is 0 Å². The van der Waals surface area contributed by atoms with Gasteiger partial charge in [-0.05, 0) is 33.1 Å². The molecular weight excluding hydrogens is 218 g/mol. The Balaban J connectivity index is 2.41. The fourth-order valence-electron chi connectivity index (χ4n) is 1.45. The highest BCUT2D eigenvalue weighted by molar-refractivity contribution is 5.30. The number of nitrogens with one attached hydrogen (secondary N) is 1. The van der Waals surface area contributed by atoms with Gasteiger partial charge in [-0.1, -0.05) is 0 Å². The zero-order valence-corrected chi connectivity index (χ0v) is 10.6. The Bertz CT molecular complexity index is 332. The van der Waals surface area contributed by atoms with E-state index in [4.69, 9.17) is 9.84 Å². The molecule has 2 N–H and O–H groups in total. The normalized spacial score (nSPS) is 10.3. The number of hydrogen-bond donors (Lipinski definition) is 2. The fourth-order valence-corrected chi connectivity index (χ4v) is 1.45. The summed E-state index contributed by atoms with van der Waals surface area (Å²) in [6, 6.07) is 1.82. The van der Waals surface area contributed by atoms with Crippen molar-refractivity contribution in [1.29, 1.82) is 0 Å². The Kier molecular flexibility index (Phi) is 6.32. The van der Waals surface area contributed by atoms with Crippen LogP contribution < -0.4 is 10.1 Å².